The number of pyridine rings is 1. The van der Waals surface area contributed by atoms with Crippen LogP contribution in [0, 0.1) is 11.3 Å². The van der Waals surface area contributed by atoms with Gasteiger partial charge in [0, 0.05) is 50.6 Å². The molecular formula is C19H20N4O3S. The molecule has 140 valence electrons. The zero-order valence-electron chi connectivity index (χ0n) is 14.8. The summed E-state index contributed by atoms with van der Waals surface area (Å²) in [5, 5.41) is 8.88. The number of anilines is 1. The number of rotatable bonds is 7. The van der Waals surface area contributed by atoms with Crippen molar-refractivity contribution < 1.29 is 13.2 Å². The Hall–Kier alpha value is -2.76. The molecule has 0 spiro atoms. The lowest BCUT2D eigenvalue weighted by molar-refractivity contribution is -0.117. The fraction of sp³-hybridized carbons (Fsp3) is 0.316. The minimum atomic E-state index is -3.77. The van der Waals surface area contributed by atoms with E-state index in [9.17, 15) is 13.2 Å². The molecular weight excluding hydrogens is 364 g/mol. The van der Waals surface area contributed by atoms with Crippen LogP contribution in [0.1, 0.15) is 24.8 Å². The number of nitrogens with zero attached hydrogens (tertiary/aromatic N) is 4. The highest BCUT2D eigenvalue weighted by Crippen LogP contribution is 2.25. The Morgan fingerprint density at radius 3 is 2.59 bits per heavy atom. The zero-order chi connectivity index (χ0) is 19.3. The number of nitriles is 1. The first-order valence-corrected chi connectivity index (χ1v) is 10.1. The standard InChI is InChI=1S/C19H20N4O3S/c20-10-3-12-22(15-16-4-1-11-21-14-16)27(25,26)18-8-6-17(7-9-18)23-13-2-5-19(23)24/h1,4,6-9,11,14H,2-3,5,12-13,15H2. The second-order valence-electron chi connectivity index (χ2n) is 6.25. The van der Waals surface area contributed by atoms with E-state index in [1.807, 2.05) is 6.07 Å². The van der Waals surface area contributed by atoms with Crippen molar-refractivity contribution in [1.29, 1.82) is 5.26 Å². The average molecular weight is 384 g/mol. The van der Waals surface area contributed by atoms with E-state index in [4.69, 9.17) is 5.26 Å². The van der Waals surface area contributed by atoms with Gasteiger partial charge in [-0.3, -0.25) is 9.78 Å². The molecule has 0 saturated carbocycles. The SMILES string of the molecule is N#CCCN(Cc1cccnc1)S(=O)(=O)c1ccc(N2CCCC2=O)cc1. The van der Waals surface area contributed by atoms with E-state index in [1.54, 1.807) is 41.6 Å². The quantitative estimate of drug-likeness (QED) is 0.730. The maximum absolute atomic E-state index is 13.1. The number of benzene rings is 1. The molecule has 0 radical (unpaired) electrons. The first-order chi connectivity index (χ1) is 13.0. The molecule has 1 aliphatic heterocycles. The van der Waals surface area contributed by atoms with Gasteiger partial charge in [-0.05, 0) is 42.3 Å². The molecule has 1 aromatic carbocycles. The van der Waals surface area contributed by atoms with E-state index >= 15 is 0 Å². The molecule has 27 heavy (non-hydrogen) atoms. The Morgan fingerprint density at radius 2 is 2.00 bits per heavy atom. The van der Waals surface area contributed by atoms with Gasteiger partial charge in [0.2, 0.25) is 15.9 Å². The fourth-order valence-corrected chi connectivity index (χ4v) is 4.45. The highest BCUT2D eigenvalue weighted by atomic mass is 32.2. The van der Waals surface area contributed by atoms with Crippen LogP contribution in [0.15, 0.2) is 53.7 Å². The van der Waals surface area contributed by atoms with Crippen LogP contribution in [0.3, 0.4) is 0 Å². The number of hydrogen-bond acceptors (Lipinski definition) is 5. The van der Waals surface area contributed by atoms with Crippen LogP contribution in [-0.4, -0.2) is 36.7 Å². The smallest absolute Gasteiger partial charge is 0.243 e. The summed E-state index contributed by atoms with van der Waals surface area (Å²) < 4.78 is 27.4. The Morgan fingerprint density at radius 1 is 1.22 bits per heavy atom. The van der Waals surface area contributed by atoms with Gasteiger partial charge >= 0.3 is 0 Å². The van der Waals surface area contributed by atoms with Crippen molar-refractivity contribution in [3.05, 3.63) is 54.4 Å². The second kappa shape index (κ2) is 8.29. The van der Waals surface area contributed by atoms with Gasteiger partial charge in [-0.1, -0.05) is 6.07 Å². The Kier molecular flexibility index (Phi) is 5.84. The van der Waals surface area contributed by atoms with Gasteiger partial charge in [0.1, 0.15) is 0 Å². The summed E-state index contributed by atoms with van der Waals surface area (Å²) in [5.41, 5.74) is 1.45. The molecule has 0 bridgehead atoms. The predicted molar refractivity (Wildman–Crippen MR) is 100 cm³/mol. The van der Waals surface area contributed by atoms with Crippen LogP contribution < -0.4 is 4.90 Å². The van der Waals surface area contributed by atoms with Gasteiger partial charge < -0.3 is 4.90 Å². The molecule has 1 aliphatic rings. The molecule has 1 saturated heterocycles. The molecule has 8 heteroatoms. The van der Waals surface area contributed by atoms with Crippen molar-refractivity contribution in [2.45, 2.75) is 30.7 Å². The van der Waals surface area contributed by atoms with Crippen molar-refractivity contribution >= 4 is 21.6 Å². The van der Waals surface area contributed by atoms with Crippen LogP contribution in [0.25, 0.3) is 0 Å². The van der Waals surface area contributed by atoms with Crippen LogP contribution >= 0.6 is 0 Å². The van der Waals surface area contributed by atoms with E-state index in [1.165, 1.54) is 16.4 Å². The number of aromatic nitrogens is 1. The Balaban J connectivity index is 1.84. The molecule has 0 unspecified atom stereocenters. The van der Waals surface area contributed by atoms with Gasteiger partial charge in [0.25, 0.3) is 0 Å². The lowest BCUT2D eigenvalue weighted by Crippen LogP contribution is -2.31. The summed E-state index contributed by atoms with van der Waals surface area (Å²) in [6.07, 6.45) is 4.66. The van der Waals surface area contributed by atoms with E-state index in [0.717, 1.165) is 12.0 Å². The van der Waals surface area contributed by atoms with Crippen LogP contribution in [0.4, 0.5) is 5.69 Å². The van der Waals surface area contributed by atoms with E-state index in [-0.39, 0.29) is 30.3 Å². The average Bonchev–Trinajstić information content (AvgIpc) is 3.12. The summed E-state index contributed by atoms with van der Waals surface area (Å²) in [7, 11) is -3.77. The van der Waals surface area contributed by atoms with Crippen molar-refractivity contribution in [1.82, 2.24) is 9.29 Å². The minimum absolute atomic E-state index is 0.0535. The first kappa shape index (κ1) is 19.0. The topological polar surface area (TPSA) is 94.4 Å². The molecule has 2 aromatic rings. The van der Waals surface area contributed by atoms with Crippen molar-refractivity contribution in [2.24, 2.45) is 0 Å². The summed E-state index contributed by atoms with van der Waals surface area (Å²) in [6, 6.07) is 11.9. The van der Waals surface area contributed by atoms with Crippen molar-refractivity contribution in [3.8, 4) is 6.07 Å². The third-order valence-electron chi connectivity index (χ3n) is 4.41. The molecule has 1 aromatic heterocycles. The largest absolute Gasteiger partial charge is 0.312 e. The predicted octanol–water partition coefficient (Wildman–Crippen LogP) is 2.31. The molecule has 2 heterocycles. The fourth-order valence-electron chi connectivity index (χ4n) is 3.02. The lowest BCUT2D eigenvalue weighted by Gasteiger charge is -2.22. The van der Waals surface area contributed by atoms with Crippen molar-refractivity contribution in [2.75, 3.05) is 18.0 Å². The normalized spacial score (nSPS) is 14.5. The Labute approximate surface area is 158 Å². The highest BCUT2D eigenvalue weighted by molar-refractivity contribution is 7.89. The first-order valence-electron chi connectivity index (χ1n) is 8.69. The van der Waals surface area contributed by atoms with E-state index < -0.39 is 10.0 Å². The lowest BCUT2D eigenvalue weighted by atomic mass is 10.3. The molecule has 3 rings (SSSR count). The van der Waals surface area contributed by atoms with Gasteiger partial charge in [-0.25, -0.2) is 8.42 Å². The maximum atomic E-state index is 13.1. The molecule has 7 nitrogen and oxygen atoms in total. The maximum Gasteiger partial charge on any atom is 0.243 e. The van der Waals surface area contributed by atoms with Crippen LogP contribution in [0.5, 0.6) is 0 Å². The monoisotopic (exact) mass is 384 g/mol. The number of carbonyl (C=O) groups is 1. The van der Waals surface area contributed by atoms with Crippen molar-refractivity contribution in [3.63, 3.8) is 0 Å². The third-order valence-corrected chi connectivity index (χ3v) is 6.27. The number of amides is 1. The zero-order valence-corrected chi connectivity index (χ0v) is 15.6. The number of hydrogen-bond donors (Lipinski definition) is 0. The van der Waals surface area contributed by atoms with E-state index in [0.29, 0.717) is 18.7 Å². The summed E-state index contributed by atoms with van der Waals surface area (Å²) in [5.74, 6) is 0.0535. The third kappa shape index (κ3) is 4.32. The molecule has 0 N–H and O–H groups in total. The Bertz CT molecular complexity index is 937. The van der Waals surface area contributed by atoms with Crippen LogP contribution in [0.2, 0.25) is 0 Å². The molecule has 1 fully saturated rings. The minimum Gasteiger partial charge on any atom is -0.312 e. The van der Waals surface area contributed by atoms with Gasteiger partial charge in [0.15, 0.2) is 0 Å². The summed E-state index contributed by atoms with van der Waals surface area (Å²) in [4.78, 5) is 17.7. The van der Waals surface area contributed by atoms with Crippen LogP contribution in [-0.2, 0) is 21.4 Å². The second-order valence-corrected chi connectivity index (χ2v) is 8.19. The van der Waals surface area contributed by atoms with Gasteiger partial charge in [0.05, 0.1) is 11.0 Å². The molecule has 1 amide bonds. The molecule has 0 atom stereocenters. The molecule has 0 aliphatic carbocycles. The highest BCUT2D eigenvalue weighted by Gasteiger charge is 2.26. The van der Waals surface area contributed by atoms with E-state index in [2.05, 4.69) is 4.98 Å². The number of sulfonamides is 1. The summed E-state index contributed by atoms with van der Waals surface area (Å²) in [6.45, 7) is 0.893. The van der Waals surface area contributed by atoms with Gasteiger partial charge in [-0.2, -0.15) is 9.57 Å². The summed E-state index contributed by atoms with van der Waals surface area (Å²) >= 11 is 0. The van der Waals surface area contributed by atoms with Gasteiger partial charge in [-0.15, -0.1) is 0 Å². The number of carbonyl (C=O) groups excluding carboxylic acids is 1.